The first-order valence-corrected chi connectivity index (χ1v) is 5.85. The van der Waals surface area contributed by atoms with Crippen molar-refractivity contribution in [1.29, 1.82) is 0 Å². The summed E-state index contributed by atoms with van der Waals surface area (Å²) in [6.07, 6.45) is 0. The molecule has 0 saturated heterocycles. The van der Waals surface area contributed by atoms with E-state index in [9.17, 15) is 0 Å². The SMILES string of the molecule is CN=C(NC)NCC(C)c1nc(C)cs1. The van der Waals surface area contributed by atoms with E-state index in [-0.39, 0.29) is 0 Å². The summed E-state index contributed by atoms with van der Waals surface area (Å²) in [4.78, 5) is 8.51. The van der Waals surface area contributed by atoms with Gasteiger partial charge in [0.1, 0.15) is 0 Å². The summed E-state index contributed by atoms with van der Waals surface area (Å²) in [5.41, 5.74) is 1.10. The molecular weight excluding hydrogens is 208 g/mol. The van der Waals surface area contributed by atoms with E-state index in [1.165, 1.54) is 5.01 Å². The zero-order valence-corrected chi connectivity index (χ0v) is 10.5. The fourth-order valence-electron chi connectivity index (χ4n) is 1.21. The average molecular weight is 226 g/mol. The summed E-state index contributed by atoms with van der Waals surface area (Å²) in [5.74, 6) is 1.23. The monoisotopic (exact) mass is 226 g/mol. The average Bonchev–Trinajstić information content (AvgIpc) is 2.66. The highest BCUT2D eigenvalue weighted by atomic mass is 32.1. The van der Waals surface area contributed by atoms with Crippen LogP contribution >= 0.6 is 11.3 Å². The Morgan fingerprint density at radius 1 is 1.67 bits per heavy atom. The van der Waals surface area contributed by atoms with E-state index in [0.717, 1.165) is 18.2 Å². The van der Waals surface area contributed by atoms with E-state index < -0.39 is 0 Å². The minimum Gasteiger partial charge on any atom is -0.359 e. The maximum atomic E-state index is 4.46. The summed E-state index contributed by atoms with van der Waals surface area (Å²) in [6, 6.07) is 0. The van der Waals surface area contributed by atoms with Crippen LogP contribution in [-0.2, 0) is 0 Å². The molecule has 0 aromatic carbocycles. The molecule has 0 aliphatic carbocycles. The van der Waals surface area contributed by atoms with Crippen molar-refractivity contribution in [2.24, 2.45) is 4.99 Å². The van der Waals surface area contributed by atoms with Crippen molar-refractivity contribution in [2.45, 2.75) is 19.8 Å². The van der Waals surface area contributed by atoms with Gasteiger partial charge in [-0.1, -0.05) is 6.92 Å². The first-order chi connectivity index (χ1) is 7.17. The predicted molar refractivity (Wildman–Crippen MR) is 65.7 cm³/mol. The quantitative estimate of drug-likeness (QED) is 0.604. The van der Waals surface area contributed by atoms with Gasteiger partial charge >= 0.3 is 0 Å². The van der Waals surface area contributed by atoms with Crippen molar-refractivity contribution in [1.82, 2.24) is 15.6 Å². The van der Waals surface area contributed by atoms with Gasteiger partial charge in [0, 0.05) is 37.6 Å². The highest BCUT2D eigenvalue weighted by Crippen LogP contribution is 2.18. The molecule has 1 aromatic rings. The number of aliphatic imine (C=N–C) groups is 1. The molecule has 1 aromatic heterocycles. The van der Waals surface area contributed by atoms with Crippen LogP contribution < -0.4 is 10.6 Å². The van der Waals surface area contributed by atoms with Crippen LogP contribution in [0.2, 0.25) is 0 Å². The Morgan fingerprint density at radius 3 is 2.87 bits per heavy atom. The first-order valence-electron chi connectivity index (χ1n) is 4.97. The highest BCUT2D eigenvalue weighted by molar-refractivity contribution is 7.09. The van der Waals surface area contributed by atoms with Gasteiger partial charge in [0.25, 0.3) is 0 Å². The molecule has 1 atom stereocenters. The molecule has 4 nitrogen and oxygen atoms in total. The first kappa shape index (κ1) is 12.0. The van der Waals surface area contributed by atoms with Gasteiger partial charge in [-0.05, 0) is 6.92 Å². The number of thiazole rings is 1. The van der Waals surface area contributed by atoms with Gasteiger partial charge in [-0.15, -0.1) is 11.3 Å². The van der Waals surface area contributed by atoms with E-state index >= 15 is 0 Å². The third-order valence-corrected chi connectivity index (χ3v) is 3.29. The minimum atomic E-state index is 0.411. The molecule has 0 bridgehead atoms. The molecule has 5 heteroatoms. The number of nitrogens with zero attached hydrogens (tertiary/aromatic N) is 2. The Kier molecular flexibility index (Phi) is 4.55. The molecule has 15 heavy (non-hydrogen) atoms. The summed E-state index contributed by atoms with van der Waals surface area (Å²) in [7, 11) is 3.62. The van der Waals surface area contributed by atoms with Crippen LogP contribution in [0.1, 0.15) is 23.5 Å². The molecule has 0 radical (unpaired) electrons. The van der Waals surface area contributed by atoms with Crippen LogP contribution in [-0.4, -0.2) is 31.6 Å². The highest BCUT2D eigenvalue weighted by Gasteiger charge is 2.09. The van der Waals surface area contributed by atoms with Crippen molar-refractivity contribution < 1.29 is 0 Å². The molecule has 0 fully saturated rings. The summed E-state index contributed by atoms with van der Waals surface area (Å²) in [6.45, 7) is 5.03. The number of aryl methyl sites for hydroxylation is 1. The molecule has 0 spiro atoms. The Hall–Kier alpha value is -1.10. The van der Waals surface area contributed by atoms with Gasteiger partial charge in [0.15, 0.2) is 5.96 Å². The Bertz CT molecular complexity index is 332. The van der Waals surface area contributed by atoms with Crippen LogP contribution in [0.3, 0.4) is 0 Å². The second-order valence-corrected chi connectivity index (χ2v) is 4.32. The number of hydrogen-bond donors (Lipinski definition) is 2. The van der Waals surface area contributed by atoms with Crippen LogP contribution in [0.25, 0.3) is 0 Å². The van der Waals surface area contributed by atoms with E-state index in [1.54, 1.807) is 18.4 Å². The summed E-state index contributed by atoms with van der Waals surface area (Å²) < 4.78 is 0. The lowest BCUT2D eigenvalue weighted by molar-refractivity contribution is 0.702. The second kappa shape index (κ2) is 5.70. The molecule has 0 aliphatic rings. The van der Waals surface area contributed by atoms with E-state index in [4.69, 9.17) is 0 Å². The number of aromatic nitrogens is 1. The topological polar surface area (TPSA) is 49.3 Å². The molecule has 2 N–H and O–H groups in total. The molecule has 0 aliphatic heterocycles. The lowest BCUT2D eigenvalue weighted by atomic mass is 10.2. The fourth-order valence-corrected chi connectivity index (χ4v) is 2.07. The van der Waals surface area contributed by atoms with Crippen LogP contribution in [0.5, 0.6) is 0 Å². The summed E-state index contributed by atoms with van der Waals surface area (Å²) >= 11 is 1.71. The molecular formula is C10H18N4S. The molecule has 0 saturated carbocycles. The Balaban J connectivity index is 2.46. The third kappa shape index (κ3) is 3.51. The Morgan fingerprint density at radius 2 is 2.40 bits per heavy atom. The van der Waals surface area contributed by atoms with Crippen LogP contribution in [0, 0.1) is 6.92 Å². The standard InChI is InChI=1S/C10H18N4S/c1-7(5-13-10(11-3)12-4)9-14-8(2)6-15-9/h6-7H,5H2,1-4H3,(H2,11,12,13). The maximum absolute atomic E-state index is 4.46. The van der Waals surface area contributed by atoms with Gasteiger partial charge in [0.05, 0.1) is 5.01 Å². The molecule has 1 unspecified atom stereocenters. The van der Waals surface area contributed by atoms with Gasteiger partial charge in [-0.2, -0.15) is 0 Å². The van der Waals surface area contributed by atoms with Crippen molar-refractivity contribution in [3.8, 4) is 0 Å². The molecule has 1 heterocycles. The number of guanidine groups is 1. The lowest BCUT2D eigenvalue weighted by Gasteiger charge is -2.12. The van der Waals surface area contributed by atoms with E-state index in [1.807, 2.05) is 14.0 Å². The maximum Gasteiger partial charge on any atom is 0.190 e. The number of hydrogen-bond acceptors (Lipinski definition) is 3. The number of nitrogens with one attached hydrogen (secondary N) is 2. The van der Waals surface area contributed by atoms with E-state index in [0.29, 0.717) is 5.92 Å². The zero-order valence-electron chi connectivity index (χ0n) is 9.66. The minimum absolute atomic E-state index is 0.411. The second-order valence-electron chi connectivity index (χ2n) is 3.43. The lowest BCUT2D eigenvalue weighted by Crippen LogP contribution is -2.36. The van der Waals surface area contributed by atoms with Gasteiger partial charge < -0.3 is 10.6 Å². The van der Waals surface area contributed by atoms with Crippen LogP contribution in [0.15, 0.2) is 10.4 Å². The molecule has 84 valence electrons. The fraction of sp³-hybridized carbons (Fsp3) is 0.600. The molecule has 0 amide bonds. The Labute approximate surface area is 94.8 Å². The summed E-state index contributed by atoms with van der Waals surface area (Å²) in [5, 5.41) is 9.47. The zero-order chi connectivity index (χ0) is 11.3. The van der Waals surface area contributed by atoms with Crippen molar-refractivity contribution in [2.75, 3.05) is 20.6 Å². The van der Waals surface area contributed by atoms with Crippen LogP contribution in [0.4, 0.5) is 0 Å². The van der Waals surface area contributed by atoms with E-state index in [2.05, 4.69) is 32.9 Å². The van der Waals surface area contributed by atoms with Crippen molar-refractivity contribution in [3.63, 3.8) is 0 Å². The largest absolute Gasteiger partial charge is 0.359 e. The predicted octanol–water partition coefficient (Wildman–Crippen LogP) is 1.35. The number of rotatable bonds is 3. The van der Waals surface area contributed by atoms with Gasteiger partial charge in [-0.25, -0.2) is 4.98 Å². The van der Waals surface area contributed by atoms with Gasteiger partial charge in [0.2, 0.25) is 0 Å². The molecule has 1 rings (SSSR count). The van der Waals surface area contributed by atoms with Gasteiger partial charge in [-0.3, -0.25) is 4.99 Å². The third-order valence-electron chi connectivity index (χ3n) is 2.09. The van der Waals surface area contributed by atoms with Crippen molar-refractivity contribution >= 4 is 17.3 Å². The normalized spacial score (nSPS) is 13.7. The van der Waals surface area contributed by atoms with Crippen molar-refractivity contribution in [3.05, 3.63) is 16.1 Å². The smallest absolute Gasteiger partial charge is 0.190 e.